The van der Waals surface area contributed by atoms with Crippen LogP contribution in [0.2, 0.25) is 0 Å². The van der Waals surface area contributed by atoms with E-state index in [1.54, 1.807) is 13.0 Å². The van der Waals surface area contributed by atoms with Crippen molar-refractivity contribution in [3.63, 3.8) is 0 Å². The monoisotopic (exact) mass is 295 g/mol. The van der Waals surface area contributed by atoms with Crippen LogP contribution in [0, 0.1) is 11.6 Å². The van der Waals surface area contributed by atoms with E-state index in [4.69, 9.17) is 4.42 Å². The standard InChI is InChI=1S/C15H15F2NO3/c1-9(12-4-3-11(16)7-13(12)17)18-8-10-5-6-21-14(10)15(19)20-2/h3-7,9,18H,8H2,1-2H3. The van der Waals surface area contributed by atoms with Crippen molar-refractivity contribution in [3.8, 4) is 0 Å². The number of methoxy groups -OCH3 is 1. The molecular formula is C15H15F2NO3. The minimum Gasteiger partial charge on any atom is -0.463 e. The number of carbonyl (C=O) groups excluding carboxylic acids is 1. The zero-order valence-corrected chi connectivity index (χ0v) is 11.7. The van der Waals surface area contributed by atoms with Crippen LogP contribution in [0.1, 0.15) is 34.6 Å². The maximum atomic E-state index is 13.7. The van der Waals surface area contributed by atoms with Gasteiger partial charge in [-0.3, -0.25) is 0 Å². The number of halogens is 2. The number of hydrogen-bond acceptors (Lipinski definition) is 4. The Kier molecular flexibility index (Phi) is 4.70. The first-order chi connectivity index (χ1) is 10.0. The van der Waals surface area contributed by atoms with Crippen molar-refractivity contribution < 1.29 is 22.7 Å². The first kappa shape index (κ1) is 15.2. The molecule has 1 unspecified atom stereocenters. The molecule has 4 nitrogen and oxygen atoms in total. The Bertz CT molecular complexity index is 640. The maximum absolute atomic E-state index is 13.7. The molecule has 0 fully saturated rings. The van der Waals surface area contributed by atoms with Gasteiger partial charge in [-0.1, -0.05) is 6.07 Å². The lowest BCUT2D eigenvalue weighted by Crippen LogP contribution is -2.20. The number of furan rings is 1. The van der Waals surface area contributed by atoms with Crippen LogP contribution < -0.4 is 5.32 Å². The lowest BCUT2D eigenvalue weighted by atomic mass is 10.1. The average Bonchev–Trinajstić information content (AvgIpc) is 2.92. The summed E-state index contributed by atoms with van der Waals surface area (Å²) in [7, 11) is 1.26. The van der Waals surface area contributed by atoms with Crippen LogP contribution in [0.15, 0.2) is 34.9 Å². The van der Waals surface area contributed by atoms with Gasteiger partial charge in [0.15, 0.2) is 0 Å². The van der Waals surface area contributed by atoms with Crippen LogP contribution in [0.5, 0.6) is 0 Å². The molecule has 0 aliphatic heterocycles. The molecule has 1 N–H and O–H groups in total. The number of nitrogens with one attached hydrogen (secondary N) is 1. The highest BCUT2D eigenvalue weighted by Crippen LogP contribution is 2.19. The largest absolute Gasteiger partial charge is 0.463 e. The highest BCUT2D eigenvalue weighted by molar-refractivity contribution is 5.87. The molecule has 6 heteroatoms. The van der Waals surface area contributed by atoms with Crippen LogP contribution in [-0.4, -0.2) is 13.1 Å². The van der Waals surface area contributed by atoms with E-state index in [0.29, 0.717) is 17.7 Å². The summed E-state index contributed by atoms with van der Waals surface area (Å²) >= 11 is 0. The number of esters is 1. The zero-order valence-electron chi connectivity index (χ0n) is 11.7. The molecule has 0 saturated heterocycles. The van der Waals surface area contributed by atoms with Gasteiger partial charge in [-0.25, -0.2) is 13.6 Å². The number of rotatable bonds is 5. The third-order valence-electron chi connectivity index (χ3n) is 3.15. The third-order valence-corrected chi connectivity index (χ3v) is 3.15. The van der Waals surface area contributed by atoms with Crippen LogP contribution >= 0.6 is 0 Å². The lowest BCUT2D eigenvalue weighted by molar-refractivity contribution is 0.0563. The maximum Gasteiger partial charge on any atom is 0.374 e. The van der Waals surface area contributed by atoms with Gasteiger partial charge in [-0.05, 0) is 19.1 Å². The van der Waals surface area contributed by atoms with E-state index >= 15 is 0 Å². The van der Waals surface area contributed by atoms with Gasteiger partial charge >= 0.3 is 5.97 Å². The van der Waals surface area contributed by atoms with E-state index in [0.717, 1.165) is 6.07 Å². The topological polar surface area (TPSA) is 51.5 Å². The van der Waals surface area contributed by atoms with Crippen molar-refractivity contribution in [1.82, 2.24) is 5.32 Å². The minimum absolute atomic E-state index is 0.108. The summed E-state index contributed by atoms with van der Waals surface area (Å²) in [6.07, 6.45) is 1.38. The van der Waals surface area contributed by atoms with Crippen molar-refractivity contribution >= 4 is 5.97 Å². The number of hydrogen-bond donors (Lipinski definition) is 1. The summed E-state index contributed by atoms with van der Waals surface area (Å²) in [5, 5.41) is 3.05. The van der Waals surface area contributed by atoms with Gasteiger partial charge in [0.2, 0.25) is 5.76 Å². The van der Waals surface area contributed by atoms with E-state index in [1.165, 1.54) is 25.5 Å². The van der Waals surface area contributed by atoms with E-state index in [2.05, 4.69) is 10.1 Å². The van der Waals surface area contributed by atoms with Crippen LogP contribution in [0.4, 0.5) is 8.78 Å². The summed E-state index contributed by atoms with van der Waals surface area (Å²) in [4.78, 5) is 11.5. The van der Waals surface area contributed by atoms with Crippen LogP contribution in [0.3, 0.4) is 0 Å². The summed E-state index contributed by atoms with van der Waals surface area (Å²) in [5.74, 6) is -1.70. The van der Waals surface area contributed by atoms with E-state index in [1.807, 2.05) is 0 Å². The molecule has 1 heterocycles. The highest BCUT2D eigenvalue weighted by atomic mass is 19.1. The summed E-state index contributed by atoms with van der Waals surface area (Å²) < 4.78 is 36.2. The molecule has 112 valence electrons. The third kappa shape index (κ3) is 3.46. The van der Waals surface area contributed by atoms with E-state index in [-0.39, 0.29) is 11.8 Å². The predicted octanol–water partition coefficient (Wildman–Crippen LogP) is 3.20. The molecule has 1 atom stereocenters. The molecule has 1 aromatic heterocycles. The molecule has 21 heavy (non-hydrogen) atoms. The number of benzene rings is 1. The van der Waals surface area contributed by atoms with Crippen molar-refractivity contribution in [2.45, 2.75) is 19.5 Å². The van der Waals surface area contributed by atoms with Gasteiger partial charge in [0.05, 0.1) is 13.4 Å². The fourth-order valence-corrected chi connectivity index (χ4v) is 1.97. The van der Waals surface area contributed by atoms with Crippen molar-refractivity contribution in [1.29, 1.82) is 0 Å². The number of ether oxygens (including phenoxy) is 1. The van der Waals surface area contributed by atoms with Crippen LogP contribution in [0.25, 0.3) is 0 Å². The Hall–Kier alpha value is -2.21. The quantitative estimate of drug-likeness (QED) is 0.861. The second-order valence-corrected chi connectivity index (χ2v) is 4.53. The molecule has 2 aromatic rings. The highest BCUT2D eigenvalue weighted by Gasteiger charge is 2.17. The molecule has 1 aromatic carbocycles. The fourth-order valence-electron chi connectivity index (χ4n) is 1.97. The van der Waals surface area contributed by atoms with Gasteiger partial charge < -0.3 is 14.5 Å². The average molecular weight is 295 g/mol. The molecular weight excluding hydrogens is 280 g/mol. The summed E-state index contributed by atoms with van der Waals surface area (Å²) in [6, 6.07) is 4.71. The summed E-state index contributed by atoms with van der Waals surface area (Å²) in [6.45, 7) is 2.03. The van der Waals surface area contributed by atoms with Gasteiger partial charge in [0, 0.05) is 29.8 Å². The first-order valence-corrected chi connectivity index (χ1v) is 6.36. The lowest BCUT2D eigenvalue weighted by Gasteiger charge is -2.14. The van der Waals surface area contributed by atoms with Gasteiger partial charge in [0.1, 0.15) is 11.6 Å². The van der Waals surface area contributed by atoms with Crippen molar-refractivity contribution in [2.75, 3.05) is 7.11 Å². The van der Waals surface area contributed by atoms with Crippen molar-refractivity contribution in [3.05, 3.63) is 59.1 Å². The summed E-state index contributed by atoms with van der Waals surface area (Å²) in [5.41, 5.74) is 0.954. The number of carbonyl (C=O) groups is 1. The molecule has 0 amide bonds. The second-order valence-electron chi connectivity index (χ2n) is 4.53. The Morgan fingerprint density at radius 3 is 2.81 bits per heavy atom. The Morgan fingerprint density at radius 2 is 2.14 bits per heavy atom. The Balaban J connectivity index is 2.06. The molecule has 0 aliphatic rings. The molecule has 0 radical (unpaired) electrons. The molecule has 0 saturated carbocycles. The Labute approximate surface area is 120 Å². The minimum atomic E-state index is -0.619. The van der Waals surface area contributed by atoms with Gasteiger partial charge in [0.25, 0.3) is 0 Å². The molecule has 2 rings (SSSR count). The second kappa shape index (κ2) is 6.49. The van der Waals surface area contributed by atoms with Gasteiger partial charge in [-0.15, -0.1) is 0 Å². The SMILES string of the molecule is COC(=O)c1occc1CNC(C)c1ccc(F)cc1F. The zero-order chi connectivity index (χ0) is 15.4. The normalized spacial score (nSPS) is 12.2. The first-order valence-electron chi connectivity index (χ1n) is 6.36. The van der Waals surface area contributed by atoms with E-state index in [9.17, 15) is 13.6 Å². The van der Waals surface area contributed by atoms with Gasteiger partial charge in [-0.2, -0.15) is 0 Å². The van der Waals surface area contributed by atoms with Crippen molar-refractivity contribution in [2.24, 2.45) is 0 Å². The molecule has 0 bridgehead atoms. The Morgan fingerprint density at radius 1 is 1.38 bits per heavy atom. The van der Waals surface area contributed by atoms with Crippen LogP contribution in [-0.2, 0) is 11.3 Å². The molecule has 0 aliphatic carbocycles. The predicted molar refractivity (Wildman–Crippen MR) is 71.7 cm³/mol. The fraction of sp³-hybridized carbons (Fsp3) is 0.267. The smallest absolute Gasteiger partial charge is 0.374 e. The molecule has 0 spiro atoms. The van der Waals surface area contributed by atoms with E-state index < -0.39 is 17.6 Å².